The molecular formula is C13H22N4O3. The Kier molecular flexibility index (Phi) is 5.12. The lowest BCUT2D eigenvalue weighted by Crippen LogP contribution is -2.35. The largest absolute Gasteiger partial charge is 0.469 e. The van der Waals surface area contributed by atoms with E-state index in [1.165, 1.54) is 12.0 Å². The van der Waals surface area contributed by atoms with E-state index in [0.29, 0.717) is 23.6 Å². The van der Waals surface area contributed by atoms with Crippen molar-refractivity contribution in [2.75, 3.05) is 26.4 Å². The van der Waals surface area contributed by atoms with Gasteiger partial charge in [0.05, 0.1) is 24.4 Å². The molecule has 0 saturated carbocycles. The average molecular weight is 282 g/mol. The number of nitrogen functional groups attached to an aromatic ring is 1. The maximum absolute atomic E-state index is 12.4. The number of hydrogen-bond acceptors (Lipinski definition) is 5. The molecule has 0 radical (unpaired) electrons. The molecule has 0 aliphatic carbocycles. The molecule has 1 unspecified atom stereocenters. The van der Waals surface area contributed by atoms with Crippen molar-refractivity contribution in [1.29, 1.82) is 0 Å². The van der Waals surface area contributed by atoms with Crippen LogP contribution in [0.2, 0.25) is 0 Å². The van der Waals surface area contributed by atoms with Crippen molar-refractivity contribution in [3.05, 3.63) is 11.4 Å². The zero-order chi connectivity index (χ0) is 15.4. The van der Waals surface area contributed by atoms with Crippen molar-refractivity contribution in [1.82, 2.24) is 14.7 Å². The smallest absolute Gasteiger partial charge is 0.310 e. The predicted molar refractivity (Wildman–Crippen MR) is 75.2 cm³/mol. The molecule has 20 heavy (non-hydrogen) atoms. The number of hydrogen-bond donors (Lipinski definition) is 1. The van der Waals surface area contributed by atoms with Gasteiger partial charge in [0.2, 0.25) is 0 Å². The molecule has 0 aromatic carbocycles. The third-order valence-electron chi connectivity index (χ3n) is 3.17. The van der Waals surface area contributed by atoms with E-state index in [1.807, 2.05) is 6.92 Å². The minimum Gasteiger partial charge on any atom is -0.469 e. The lowest BCUT2D eigenvalue weighted by atomic mass is 10.1. The maximum Gasteiger partial charge on any atom is 0.310 e. The van der Waals surface area contributed by atoms with Crippen LogP contribution in [0.1, 0.15) is 30.0 Å². The quantitative estimate of drug-likeness (QED) is 0.802. The number of nitrogens with two attached hydrogens (primary N) is 1. The van der Waals surface area contributed by atoms with Crippen LogP contribution in [0.25, 0.3) is 0 Å². The van der Waals surface area contributed by atoms with E-state index in [2.05, 4.69) is 9.84 Å². The Morgan fingerprint density at radius 1 is 1.50 bits per heavy atom. The van der Waals surface area contributed by atoms with Crippen LogP contribution in [0.4, 0.5) is 5.69 Å². The van der Waals surface area contributed by atoms with E-state index >= 15 is 0 Å². The summed E-state index contributed by atoms with van der Waals surface area (Å²) in [6, 6.07) is 0. The molecule has 1 amide bonds. The zero-order valence-electron chi connectivity index (χ0n) is 12.6. The van der Waals surface area contributed by atoms with Crippen LogP contribution in [0.15, 0.2) is 0 Å². The fourth-order valence-corrected chi connectivity index (χ4v) is 2.00. The van der Waals surface area contributed by atoms with Crippen LogP contribution in [-0.2, 0) is 16.1 Å². The van der Waals surface area contributed by atoms with Crippen LogP contribution in [0.5, 0.6) is 0 Å². The van der Waals surface area contributed by atoms with Gasteiger partial charge in [-0.2, -0.15) is 5.10 Å². The van der Waals surface area contributed by atoms with Gasteiger partial charge >= 0.3 is 5.97 Å². The third kappa shape index (κ3) is 3.09. The number of methoxy groups -OCH3 is 1. The van der Waals surface area contributed by atoms with Crippen LogP contribution in [0.3, 0.4) is 0 Å². The van der Waals surface area contributed by atoms with Gasteiger partial charge in [0.25, 0.3) is 5.91 Å². The van der Waals surface area contributed by atoms with Crippen molar-refractivity contribution in [3.8, 4) is 0 Å². The van der Waals surface area contributed by atoms with Crippen molar-refractivity contribution in [3.63, 3.8) is 0 Å². The molecule has 0 aliphatic heterocycles. The topological polar surface area (TPSA) is 90.5 Å². The molecule has 0 aliphatic rings. The SMILES string of the molecule is CCn1nc(C)c(N)c1C(=O)N(C)CC(C)C(=O)OC. The van der Waals surface area contributed by atoms with Gasteiger partial charge in [0, 0.05) is 20.1 Å². The Hall–Kier alpha value is -2.05. The monoisotopic (exact) mass is 282 g/mol. The second-order valence-corrected chi connectivity index (χ2v) is 4.77. The molecule has 1 rings (SSSR count). The minimum atomic E-state index is -0.394. The number of aryl methyl sites for hydroxylation is 2. The molecule has 0 fully saturated rings. The van der Waals surface area contributed by atoms with E-state index in [0.717, 1.165) is 0 Å². The van der Waals surface area contributed by atoms with Gasteiger partial charge in [-0.15, -0.1) is 0 Å². The first-order valence-corrected chi connectivity index (χ1v) is 6.49. The highest BCUT2D eigenvalue weighted by molar-refractivity contribution is 5.98. The summed E-state index contributed by atoms with van der Waals surface area (Å²) in [6.07, 6.45) is 0. The second-order valence-electron chi connectivity index (χ2n) is 4.77. The van der Waals surface area contributed by atoms with Crippen molar-refractivity contribution < 1.29 is 14.3 Å². The lowest BCUT2D eigenvalue weighted by molar-refractivity contribution is -0.145. The van der Waals surface area contributed by atoms with Gasteiger partial charge in [-0.3, -0.25) is 14.3 Å². The molecule has 1 aromatic heterocycles. The molecule has 112 valence electrons. The molecule has 0 saturated heterocycles. The van der Waals surface area contributed by atoms with Crippen LogP contribution >= 0.6 is 0 Å². The number of nitrogens with zero attached hydrogens (tertiary/aromatic N) is 3. The normalized spacial score (nSPS) is 12.1. The van der Waals surface area contributed by atoms with Gasteiger partial charge < -0.3 is 15.4 Å². The van der Waals surface area contributed by atoms with E-state index in [4.69, 9.17) is 5.73 Å². The first kappa shape index (κ1) is 16.0. The van der Waals surface area contributed by atoms with Gasteiger partial charge in [-0.05, 0) is 13.8 Å². The number of anilines is 1. The molecule has 1 atom stereocenters. The number of esters is 1. The van der Waals surface area contributed by atoms with Crippen LogP contribution in [0, 0.1) is 12.8 Å². The van der Waals surface area contributed by atoms with Crippen molar-refractivity contribution in [2.45, 2.75) is 27.3 Å². The highest BCUT2D eigenvalue weighted by Gasteiger charge is 2.25. The minimum absolute atomic E-state index is 0.249. The number of aromatic nitrogens is 2. The lowest BCUT2D eigenvalue weighted by Gasteiger charge is -2.20. The number of ether oxygens (including phenoxy) is 1. The molecular weight excluding hydrogens is 260 g/mol. The standard InChI is InChI=1S/C13H22N4O3/c1-6-17-11(10(14)9(3)15-17)12(18)16(4)7-8(2)13(19)20-5/h8H,6-7,14H2,1-5H3. The molecule has 1 heterocycles. The Morgan fingerprint density at radius 3 is 2.60 bits per heavy atom. The van der Waals surface area contributed by atoms with Crippen molar-refractivity contribution >= 4 is 17.6 Å². The molecule has 2 N–H and O–H groups in total. The summed E-state index contributed by atoms with van der Waals surface area (Å²) in [5.74, 6) is -0.993. The highest BCUT2D eigenvalue weighted by atomic mass is 16.5. The summed E-state index contributed by atoms with van der Waals surface area (Å²) in [4.78, 5) is 25.3. The van der Waals surface area contributed by atoms with E-state index in [9.17, 15) is 9.59 Å². The van der Waals surface area contributed by atoms with Gasteiger partial charge in [0.15, 0.2) is 0 Å². The number of carbonyl (C=O) groups is 2. The Morgan fingerprint density at radius 2 is 2.10 bits per heavy atom. The van der Waals surface area contributed by atoms with Crippen molar-refractivity contribution in [2.24, 2.45) is 5.92 Å². The highest BCUT2D eigenvalue weighted by Crippen LogP contribution is 2.18. The summed E-state index contributed by atoms with van der Waals surface area (Å²) in [5, 5.41) is 4.22. The number of amides is 1. The molecule has 1 aromatic rings. The van der Waals surface area contributed by atoms with Gasteiger partial charge in [-0.1, -0.05) is 6.92 Å². The average Bonchev–Trinajstić information content (AvgIpc) is 2.72. The summed E-state index contributed by atoms with van der Waals surface area (Å²) in [5.41, 5.74) is 7.29. The Labute approximate surface area is 118 Å². The Bertz CT molecular complexity index is 510. The van der Waals surface area contributed by atoms with Gasteiger partial charge in [-0.25, -0.2) is 0 Å². The predicted octanol–water partition coefficient (Wildman–Crippen LogP) is 0.675. The second kappa shape index (κ2) is 6.40. The molecule has 7 nitrogen and oxygen atoms in total. The first-order chi connectivity index (χ1) is 9.33. The van der Waals surface area contributed by atoms with Gasteiger partial charge in [0.1, 0.15) is 5.69 Å². The van der Waals surface area contributed by atoms with E-state index in [-0.39, 0.29) is 18.4 Å². The fourth-order valence-electron chi connectivity index (χ4n) is 2.00. The van der Waals surface area contributed by atoms with Crippen LogP contribution < -0.4 is 5.73 Å². The fraction of sp³-hybridized carbons (Fsp3) is 0.615. The molecule has 0 spiro atoms. The maximum atomic E-state index is 12.4. The van der Waals surface area contributed by atoms with E-state index in [1.54, 1.807) is 25.6 Å². The summed E-state index contributed by atoms with van der Waals surface area (Å²) < 4.78 is 6.23. The third-order valence-corrected chi connectivity index (χ3v) is 3.17. The Balaban J connectivity index is 2.92. The summed E-state index contributed by atoms with van der Waals surface area (Å²) in [7, 11) is 2.96. The van der Waals surface area contributed by atoms with Crippen LogP contribution in [-0.4, -0.2) is 47.3 Å². The molecule has 7 heteroatoms. The number of carbonyl (C=O) groups excluding carboxylic acids is 2. The first-order valence-electron chi connectivity index (χ1n) is 6.49. The van der Waals surface area contributed by atoms with E-state index < -0.39 is 5.92 Å². The number of rotatable bonds is 5. The molecule has 0 bridgehead atoms. The zero-order valence-corrected chi connectivity index (χ0v) is 12.6. The summed E-state index contributed by atoms with van der Waals surface area (Å²) >= 11 is 0. The summed E-state index contributed by atoms with van der Waals surface area (Å²) in [6.45, 7) is 6.18.